The Labute approximate surface area is 90.8 Å². The maximum atomic E-state index is 12.0. The van der Waals surface area contributed by atoms with E-state index in [9.17, 15) is 13.9 Å². The standard InChI is InChI=1S/C10H11F2NO3/c11-9(12)16-8-5-7(1-3-13-8)10(6-14)2-4-15-10/h1,3,5,9,14H,2,4,6H2. The van der Waals surface area contributed by atoms with E-state index < -0.39 is 12.2 Å². The van der Waals surface area contributed by atoms with Crippen molar-refractivity contribution in [3.63, 3.8) is 0 Å². The second-order valence-electron chi connectivity index (χ2n) is 3.51. The van der Waals surface area contributed by atoms with Crippen molar-refractivity contribution in [2.75, 3.05) is 13.2 Å². The van der Waals surface area contributed by atoms with E-state index in [1.54, 1.807) is 6.07 Å². The third kappa shape index (κ3) is 1.98. The zero-order chi connectivity index (χ0) is 11.6. The Morgan fingerprint density at radius 2 is 2.38 bits per heavy atom. The lowest BCUT2D eigenvalue weighted by molar-refractivity contribution is -0.177. The maximum absolute atomic E-state index is 12.0. The Bertz CT molecular complexity index is 363. The Balaban J connectivity index is 2.21. The average molecular weight is 231 g/mol. The number of aliphatic hydroxyl groups is 1. The SMILES string of the molecule is OCC1(c2ccnc(OC(F)F)c2)CCO1. The van der Waals surface area contributed by atoms with Crippen molar-refractivity contribution in [1.82, 2.24) is 4.98 Å². The third-order valence-corrected chi connectivity index (χ3v) is 2.61. The monoisotopic (exact) mass is 231 g/mol. The fourth-order valence-electron chi connectivity index (χ4n) is 1.64. The highest BCUT2D eigenvalue weighted by Gasteiger charge is 2.40. The molecule has 1 N–H and O–H groups in total. The molecule has 1 unspecified atom stereocenters. The van der Waals surface area contributed by atoms with Crippen molar-refractivity contribution in [3.05, 3.63) is 23.9 Å². The first kappa shape index (κ1) is 11.2. The Morgan fingerprint density at radius 3 is 2.88 bits per heavy atom. The van der Waals surface area contributed by atoms with E-state index in [2.05, 4.69) is 9.72 Å². The van der Waals surface area contributed by atoms with Gasteiger partial charge in [0.1, 0.15) is 5.60 Å². The molecule has 4 nitrogen and oxygen atoms in total. The van der Waals surface area contributed by atoms with Crippen LogP contribution in [0.15, 0.2) is 18.3 Å². The predicted molar refractivity (Wildman–Crippen MR) is 50.2 cm³/mol. The first-order valence-electron chi connectivity index (χ1n) is 4.82. The molecule has 1 aromatic rings. The molecule has 1 saturated heterocycles. The van der Waals surface area contributed by atoms with Crippen molar-refractivity contribution in [3.8, 4) is 5.88 Å². The van der Waals surface area contributed by atoms with Crippen LogP contribution in [-0.2, 0) is 10.3 Å². The van der Waals surface area contributed by atoms with Crippen LogP contribution < -0.4 is 4.74 Å². The summed E-state index contributed by atoms with van der Waals surface area (Å²) in [6, 6.07) is 2.98. The Kier molecular flexibility index (Phi) is 3.02. The molecular weight excluding hydrogens is 220 g/mol. The van der Waals surface area contributed by atoms with Gasteiger partial charge in [0.2, 0.25) is 5.88 Å². The van der Waals surface area contributed by atoms with Crippen LogP contribution in [0.2, 0.25) is 0 Å². The summed E-state index contributed by atoms with van der Waals surface area (Å²) in [5.41, 5.74) is -0.171. The molecule has 0 aliphatic carbocycles. The van der Waals surface area contributed by atoms with Crippen molar-refractivity contribution in [1.29, 1.82) is 0 Å². The fourth-order valence-corrected chi connectivity index (χ4v) is 1.64. The highest BCUT2D eigenvalue weighted by Crippen LogP contribution is 2.37. The fraction of sp³-hybridized carbons (Fsp3) is 0.500. The molecule has 1 aliphatic heterocycles. The van der Waals surface area contributed by atoms with Crippen LogP contribution in [0.5, 0.6) is 5.88 Å². The van der Waals surface area contributed by atoms with Gasteiger partial charge in [-0.05, 0) is 11.6 Å². The van der Waals surface area contributed by atoms with E-state index in [4.69, 9.17) is 4.74 Å². The van der Waals surface area contributed by atoms with Gasteiger partial charge >= 0.3 is 6.61 Å². The second-order valence-corrected chi connectivity index (χ2v) is 3.51. The molecule has 16 heavy (non-hydrogen) atoms. The van der Waals surface area contributed by atoms with Gasteiger partial charge in [0.05, 0.1) is 13.2 Å². The molecule has 0 radical (unpaired) electrons. The summed E-state index contributed by atoms with van der Waals surface area (Å²) < 4.78 is 33.4. The van der Waals surface area contributed by atoms with E-state index in [1.807, 2.05) is 0 Å². The van der Waals surface area contributed by atoms with E-state index in [0.717, 1.165) is 0 Å². The lowest BCUT2D eigenvalue weighted by atomic mass is 9.88. The van der Waals surface area contributed by atoms with Gasteiger partial charge < -0.3 is 14.6 Å². The molecule has 0 saturated carbocycles. The smallest absolute Gasteiger partial charge is 0.388 e. The molecular formula is C10H11F2NO3. The number of halogens is 2. The van der Waals surface area contributed by atoms with E-state index in [1.165, 1.54) is 12.3 Å². The molecule has 1 aliphatic rings. The lowest BCUT2D eigenvalue weighted by Crippen LogP contribution is -2.44. The minimum Gasteiger partial charge on any atom is -0.417 e. The number of pyridine rings is 1. The summed E-state index contributed by atoms with van der Waals surface area (Å²) in [6.45, 7) is -2.55. The van der Waals surface area contributed by atoms with E-state index in [-0.39, 0.29) is 12.5 Å². The zero-order valence-electron chi connectivity index (χ0n) is 8.40. The zero-order valence-corrected chi connectivity index (χ0v) is 8.40. The van der Waals surface area contributed by atoms with Gasteiger partial charge in [0, 0.05) is 18.7 Å². The van der Waals surface area contributed by atoms with Crippen molar-refractivity contribution in [2.45, 2.75) is 18.6 Å². The van der Waals surface area contributed by atoms with Gasteiger partial charge in [-0.25, -0.2) is 4.98 Å². The molecule has 0 amide bonds. The number of hydrogen-bond acceptors (Lipinski definition) is 4. The van der Waals surface area contributed by atoms with Crippen LogP contribution in [0.4, 0.5) is 8.78 Å². The van der Waals surface area contributed by atoms with Crippen molar-refractivity contribution >= 4 is 0 Å². The summed E-state index contributed by atoms with van der Waals surface area (Å²) >= 11 is 0. The van der Waals surface area contributed by atoms with Gasteiger partial charge in [-0.15, -0.1) is 0 Å². The summed E-state index contributed by atoms with van der Waals surface area (Å²) in [5, 5.41) is 9.23. The number of aromatic nitrogens is 1. The first-order chi connectivity index (χ1) is 7.66. The van der Waals surface area contributed by atoms with Gasteiger partial charge in [0.25, 0.3) is 0 Å². The number of hydrogen-bond donors (Lipinski definition) is 1. The van der Waals surface area contributed by atoms with Crippen LogP contribution in [0.3, 0.4) is 0 Å². The van der Waals surface area contributed by atoms with Crippen LogP contribution >= 0.6 is 0 Å². The van der Waals surface area contributed by atoms with Crippen LogP contribution in [-0.4, -0.2) is 29.9 Å². The number of aliphatic hydroxyl groups excluding tert-OH is 1. The topological polar surface area (TPSA) is 51.6 Å². The summed E-state index contributed by atoms with van der Waals surface area (Å²) in [5.74, 6) is -0.171. The minimum absolute atomic E-state index is 0.171. The molecule has 1 aromatic heterocycles. The Hall–Kier alpha value is -1.27. The largest absolute Gasteiger partial charge is 0.417 e. The number of rotatable bonds is 4. The van der Waals surface area contributed by atoms with Gasteiger partial charge in [-0.2, -0.15) is 8.78 Å². The molecule has 2 heterocycles. The number of ether oxygens (including phenoxy) is 2. The number of alkyl halides is 2. The summed E-state index contributed by atoms with van der Waals surface area (Å²) in [4.78, 5) is 3.65. The van der Waals surface area contributed by atoms with Crippen LogP contribution in [0.1, 0.15) is 12.0 Å². The van der Waals surface area contributed by atoms with Crippen molar-refractivity contribution in [2.24, 2.45) is 0 Å². The normalized spacial score (nSPS) is 24.2. The van der Waals surface area contributed by atoms with Crippen LogP contribution in [0.25, 0.3) is 0 Å². The maximum Gasteiger partial charge on any atom is 0.388 e. The molecule has 0 spiro atoms. The molecule has 0 bridgehead atoms. The van der Waals surface area contributed by atoms with Crippen molar-refractivity contribution < 1.29 is 23.4 Å². The van der Waals surface area contributed by atoms with Gasteiger partial charge in [-0.3, -0.25) is 0 Å². The lowest BCUT2D eigenvalue weighted by Gasteiger charge is -2.40. The average Bonchev–Trinajstić information content (AvgIpc) is 2.16. The molecule has 1 fully saturated rings. The van der Waals surface area contributed by atoms with E-state index in [0.29, 0.717) is 18.6 Å². The van der Waals surface area contributed by atoms with Gasteiger partial charge in [0.15, 0.2) is 0 Å². The molecule has 88 valence electrons. The van der Waals surface area contributed by atoms with Crippen LogP contribution in [0, 0.1) is 0 Å². The highest BCUT2D eigenvalue weighted by atomic mass is 19.3. The summed E-state index contributed by atoms with van der Waals surface area (Å²) in [6.07, 6.45) is 2.01. The third-order valence-electron chi connectivity index (χ3n) is 2.61. The van der Waals surface area contributed by atoms with Gasteiger partial charge in [-0.1, -0.05) is 0 Å². The van der Waals surface area contributed by atoms with E-state index >= 15 is 0 Å². The molecule has 1 atom stereocenters. The molecule has 0 aromatic carbocycles. The predicted octanol–water partition coefficient (Wildman–Crippen LogP) is 1.29. The highest BCUT2D eigenvalue weighted by molar-refractivity contribution is 5.28. The quantitative estimate of drug-likeness (QED) is 0.848. The minimum atomic E-state index is -2.91. The second kappa shape index (κ2) is 4.31. The molecule has 2 rings (SSSR count). The summed E-state index contributed by atoms with van der Waals surface area (Å²) in [7, 11) is 0. The first-order valence-corrected chi connectivity index (χ1v) is 4.82. The molecule has 6 heteroatoms. The number of nitrogens with zero attached hydrogens (tertiary/aromatic N) is 1. The Morgan fingerprint density at radius 1 is 1.62 bits per heavy atom.